The maximum Gasteiger partial charge on any atom is 0.363 e. The number of halogens is 1. The summed E-state index contributed by atoms with van der Waals surface area (Å²) in [4.78, 5) is 15.8. The second-order valence-corrected chi connectivity index (χ2v) is 5.09. The first-order chi connectivity index (χ1) is 10.2. The number of nitrogens with zero attached hydrogens (tertiary/aromatic N) is 1. The van der Waals surface area contributed by atoms with E-state index < -0.39 is 5.97 Å². The van der Waals surface area contributed by atoms with Crippen molar-refractivity contribution in [3.8, 4) is 0 Å². The number of cyclic esters (lactones) is 1. The van der Waals surface area contributed by atoms with E-state index in [0.717, 1.165) is 5.56 Å². The van der Waals surface area contributed by atoms with Crippen LogP contribution in [0.25, 0.3) is 12.2 Å². The van der Waals surface area contributed by atoms with E-state index in [1.165, 1.54) is 12.1 Å². The Hall–Kier alpha value is -2.53. The molecule has 0 aliphatic carbocycles. The van der Waals surface area contributed by atoms with Gasteiger partial charge in [-0.25, -0.2) is 14.2 Å². The largest absolute Gasteiger partial charge is 0.403 e. The second-order valence-electron chi connectivity index (χ2n) is 4.31. The van der Waals surface area contributed by atoms with Crippen LogP contribution in [0.1, 0.15) is 11.1 Å². The number of hydrogen-bond donors (Lipinski definition) is 0. The number of rotatable bonds is 3. The molecule has 0 radical (unpaired) electrons. The number of aliphatic imine (C=N–C) groups is 1. The Balaban J connectivity index is 1.80. The van der Waals surface area contributed by atoms with Crippen molar-refractivity contribution in [2.45, 2.75) is 0 Å². The van der Waals surface area contributed by atoms with Crippen LogP contribution < -0.4 is 0 Å². The lowest BCUT2D eigenvalue weighted by molar-refractivity contribution is -0.129. The van der Waals surface area contributed by atoms with E-state index in [9.17, 15) is 9.18 Å². The number of ether oxygens (including phenoxy) is 1. The molecule has 0 spiro atoms. The molecular formula is C16H10FNO2S. The zero-order valence-electron chi connectivity index (χ0n) is 10.8. The van der Waals surface area contributed by atoms with Gasteiger partial charge in [-0.05, 0) is 52.2 Å². The highest BCUT2D eigenvalue weighted by Gasteiger charge is 2.20. The van der Waals surface area contributed by atoms with Crippen molar-refractivity contribution >= 4 is 35.4 Å². The molecule has 0 bridgehead atoms. The predicted molar refractivity (Wildman–Crippen MR) is 81.3 cm³/mol. The molecule has 0 saturated carbocycles. The van der Waals surface area contributed by atoms with Gasteiger partial charge in [0.1, 0.15) is 5.82 Å². The standard InChI is InChI=1S/C16H10FNO2S/c17-13-4-1-11(2-5-13)9-14-16(19)20-15(18-14)6-3-12-7-8-21-10-12/h1-10H/b6-3+,14-9-. The van der Waals surface area contributed by atoms with Gasteiger partial charge in [0.15, 0.2) is 5.70 Å². The highest BCUT2D eigenvalue weighted by atomic mass is 32.1. The number of carbonyl (C=O) groups excluding carboxylic acids is 1. The SMILES string of the molecule is O=C1OC(/C=C/c2ccsc2)=NC/1=C\c1ccc(F)cc1. The molecule has 0 unspecified atom stereocenters. The van der Waals surface area contributed by atoms with Gasteiger partial charge in [-0.2, -0.15) is 11.3 Å². The van der Waals surface area contributed by atoms with Crippen LogP contribution in [-0.4, -0.2) is 11.9 Å². The Morgan fingerprint density at radius 3 is 2.62 bits per heavy atom. The summed E-state index contributed by atoms with van der Waals surface area (Å²) in [5.41, 5.74) is 1.91. The average molecular weight is 299 g/mol. The number of hydrogen-bond acceptors (Lipinski definition) is 4. The molecule has 0 fully saturated rings. The fourth-order valence-electron chi connectivity index (χ4n) is 1.75. The van der Waals surface area contributed by atoms with Crippen LogP contribution in [0.2, 0.25) is 0 Å². The Morgan fingerprint density at radius 1 is 1.10 bits per heavy atom. The average Bonchev–Trinajstić information content (AvgIpc) is 3.10. The fraction of sp³-hybridized carbons (Fsp3) is 0. The van der Waals surface area contributed by atoms with Crippen molar-refractivity contribution in [2.75, 3.05) is 0 Å². The first kappa shape index (κ1) is 13.5. The molecule has 5 heteroatoms. The molecule has 21 heavy (non-hydrogen) atoms. The predicted octanol–water partition coefficient (Wildman–Crippen LogP) is 3.90. The summed E-state index contributed by atoms with van der Waals surface area (Å²) in [5.74, 6) is -0.585. The Bertz CT molecular complexity index is 743. The lowest BCUT2D eigenvalue weighted by Gasteiger charge is -1.93. The van der Waals surface area contributed by atoms with Crippen LogP contribution >= 0.6 is 11.3 Å². The smallest absolute Gasteiger partial charge is 0.363 e. The third kappa shape index (κ3) is 3.32. The number of thiophene rings is 1. The molecule has 1 aromatic heterocycles. The Morgan fingerprint density at radius 2 is 1.90 bits per heavy atom. The number of esters is 1. The molecule has 1 aromatic carbocycles. The van der Waals surface area contributed by atoms with E-state index in [1.807, 2.05) is 22.9 Å². The maximum atomic E-state index is 12.8. The second kappa shape index (κ2) is 5.85. The minimum Gasteiger partial charge on any atom is -0.403 e. The molecule has 3 nitrogen and oxygen atoms in total. The first-order valence-corrected chi connectivity index (χ1v) is 7.13. The first-order valence-electron chi connectivity index (χ1n) is 6.19. The van der Waals surface area contributed by atoms with Gasteiger partial charge in [0.25, 0.3) is 0 Å². The molecule has 0 N–H and O–H groups in total. The summed E-state index contributed by atoms with van der Waals surface area (Å²) in [6.07, 6.45) is 5.03. The number of carbonyl (C=O) groups is 1. The topological polar surface area (TPSA) is 38.7 Å². The summed E-state index contributed by atoms with van der Waals surface area (Å²) in [6, 6.07) is 7.75. The molecule has 1 aliphatic rings. The highest BCUT2D eigenvalue weighted by Crippen LogP contribution is 2.17. The lowest BCUT2D eigenvalue weighted by Crippen LogP contribution is -2.01. The summed E-state index contributed by atoms with van der Waals surface area (Å²) in [7, 11) is 0. The van der Waals surface area contributed by atoms with Crippen molar-refractivity contribution < 1.29 is 13.9 Å². The zero-order chi connectivity index (χ0) is 14.7. The van der Waals surface area contributed by atoms with Crippen LogP contribution in [0.15, 0.2) is 57.9 Å². The van der Waals surface area contributed by atoms with Gasteiger partial charge in [-0.1, -0.05) is 12.1 Å². The van der Waals surface area contributed by atoms with Crippen molar-refractivity contribution in [2.24, 2.45) is 4.99 Å². The third-order valence-corrected chi connectivity index (χ3v) is 3.47. The fourth-order valence-corrected chi connectivity index (χ4v) is 2.38. The van der Waals surface area contributed by atoms with Crippen LogP contribution in [0.3, 0.4) is 0 Å². The summed E-state index contributed by atoms with van der Waals surface area (Å²) < 4.78 is 17.9. The third-order valence-electron chi connectivity index (χ3n) is 2.77. The van der Waals surface area contributed by atoms with Crippen LogP contribution in [0.5, 0.6) is 0 Å². The van der Waals surface area contributed by atoms with Gasteiger partial charge < -0.3 is 4.74 Å². The van der Waals surface area contributed by atoms with Gasteiger partial charge in [0, 0.05) is 6.08 Å². The monoisotopic (exact) mass is 299 g/mol. The van der Waals surface area contributed by atoms with Crippen LogP contribution in [-0.2, 0) is 9.53 Å². The van der Waals surface area contributed by atoms with Crippen LogP contribution in [0.4, 0.5) is 4.39 Å². The molecule has 0 saturated heterocycles. The molecule has 104 valence electrons. The normalized spacial score (nSPS) is 16.5. The van der Waals surface area contributed by atoms with Gasteiger partial charge in [0.2, 0.25) is 5.90 Å². The van der Waals surface area contributed by atoms with E-state index in [4.69, 9.17) is 4.74 Å². The number of benzene rings is 1. The minimum atomic E-state index is -0.510. The van der Waals surface area contributed by atoms with Gasteiger partial charge in [-0.15, -0.1) is 0 Å². The highest BCUT2D eigenvalue weighted by molar-refractivity contribution is 7.08. The molecular weight excluding hydrogens is 289 g/mol. The van der Waals surface area contributed by atoms with E-state index in [-0.39, 0.29) is 17.4 Å². The lowest BCUT2D eigenvalue weighted by atomic mass is 10.2. The maximum absolute atomic E-state index is 12.8. The van der Waals surface area contributed by atoms with Gasteiger partial charge in [0.05, 0.1) is 0 Å². The zero-order valence-corrected chi connectivity index (χ0v) is 11.6. The van der Waals surface area contributed by atoms with E-state index >= 15 is 0 Å². The molecule has 1 aliphatic heterocycles. The van der Waals surface area contributed by atoms with Crippen molar-refractivity contribution in [1.29, 1.82) is 0 Å². The summed E-state index contributed by atoms with van der Waals surface area (Å²) in [5, 5.41) is 3.94. The van der Waals surface area contributed by atoms with Gasteiger partial charge in [-0.3, -0.25) is 0 Å². The van der Waals surface area contributed by atoms with E-state index in [0.29, 0.717) is 5.56 Å². The Kier molecular flexibility index (Phi) is 3.75. The Labute approximate surface area is 124 Å². The van der Waals surface area contributed by atoms with Crippen LogP contribution in [0, 0.1) is 5.82 Å². The molecule has 2 heterocycles. The van der Waals surface area contributed by atoms with Crippen molar-refractivity contribution in [1.82, 2.24) is 0 Å². The quantitative estimate of drug-likeness (QED) is 0.637. The van der Waals surface area contributed by atoms with Crippen molar-refractivity contribution in [3.63, 3.8) is 0 Å². The molecule has 0 amide bonds. The molecule has 0 atom stereocenters. The molecule has 3 rings (SSSR count). The molecule has 2 aromatic rings. The van der Waals surface area contributed by atoms with E-state index in [2.05, 4.69) is 4.99 Å². The van der Waals surface area contributed by atoms with E-state index in [1.54, 1.807) is 35.6 Å². The summed E-state index contributed by atoms with van der Waals surface area (Å²) >= 11 is 1.59. The van der Waals surface area contributed by atoms with Crippen molar-refractivity contribution in [3.05, 3.63) is 69.8 Å². The summed E-state index contributed by atoms with van der Waals surface area (Å²) in [6.45, 7) is 0. The minimum absolute atomic E-state index is 0.201. The van der Waals surface area contributed by atoms with Gasteiger partial charge >= 0.3 is 5.97 Å².